The van der Waals surface area contributed by atoms with Crippen molar-refractivity contribution >= 4 is 114 Å². The van der Waals surface area contributed by atoms with Crippen LogP contribution in [0.15, 0.2) is 106 Å². The van der Waals surface area contributed by atoms with Gasteiger partial charge in [-0.15, -0.1) is 0 Å². The average Bonchev–Trinajstić information content (AvgIpc) is 3.97. The van der Waals surface area contributed by atoms with Gasteiger partial charge in [-0.2, -0.15) is 0 Å². The summed E-state index contributed by atoms with van der Waals surface area (Å²) in [6.07, 6.45) is 0. The van der Waals surface area contributed by atoms with E-state index in [1.54, 1.807) is 0 Å². The molecular formula is C62H63Br2N3. The first-order valence-corrected chi connectivity index (χ1v) is 25.6. The molecule has 0 saturated carbocycles. The fourth-order valence-electron chi connectivity index (χ4n) is 10.7. The SMILES string of the molecule is CC(C)(C)c1ccc2[nH]c3c(-c4cc(Br)c(-c5cc(C(C)(C)C)cc6c5[nH]c5cc7c(cc56)c5cc(C(C)(C)C)cc6c8cc(C(C)(C)C)ccc8n7c65)cc4Br)cc(C(C)(C)C)cc3c2c1. The van der Waals surface area contributed by atoms with E-state index in [1.807, 2.05) is 0 Å². The van der Waals surface area contributed by atoms with Crippen molar-refractivity contribution < 1.29 is 0 Å². The maximum Gasteiger partial charge on any atom is 0.0620 e. The Morgan fingerprint density at radius 3 is 1.21 bits per heavy atom. The van der Waals surface area contributed by atoms with Crippen molar-refractivity contribution in [2.75, 3.05) is 0 Å². The van der Waals surface area contributed by atoms with Gasteiger partial charge in [0, 0.05) is 74.2 Å². The number of benzene rings is 7. The third-order valence-electron chi connectivity index (χ3n) is 14.9. The summed E-state index contributed by atoms with van der Waals surface area (Å²) in [4.78, 5) is 7.91. The maximum atomic E-state index is 4.20. The van der Waals surface area contributed by atoms with Gasteiger partial charge in [-0.3, -0.25) is 0 Å². The summed E-state index contributed by atoms with van der Waals surface area (Å²) in [5.41, 5.74) is 19.8. The molecule has 0 radical (unpaired) electrons. The lowest BCUT2D eigenvalue weighted by Gasteiger charge is -2.22. The number of H-pyrrole nitrogens is 2. The predicted octanol–water partition coefficient (Wildman–Crippen LogP) is 19.5. The Hall–Kier alpha value is -5.10. The number of aromatic nitrogens is 3. The molecule has 4 heterocycles. The van der Waals surface area contributed by atoms with E-state index in [4.69, 9.17) is 0 Å². The normalized spacial score (nSPS) is 13.7. The average molecular weight is 1010 g/mol. The van der Waals surface area contributed by atoms with E-state index in [0.717, 1.165) is 42.1 Å². The van der Waals surface area contributed by atoms with Gasteiger partial charge in [-0.05, 0) is 151 Å². The Labute approximate surface area is 412 Å². The third kappa shape index (κ3) is 6.91. The van der Waals surface area contributed by atoms with Crippen molar-refractivity contribution in [3.63, 3.8) is 0 Å². The lowest BCUT2D eigenvalue weighted by atomic mass is 9.83. The molecule has 0 aliphatic heterocycles. The van der Waals surface area contributed by atoms with Crippen LogP contribution in [-0.2, 0) is 27.1 Å². The molecule has 67 heavy (non-hydrogen) atoms. The number of aromatic amines is 2. The largest absolute Gasteiger partial charge is 0.354 e. The second-order valence-electron chi connectivity index (χ2n) is 24.9. The van der Waals surface area contributed by atoms with Gasteiger partial charge in [0.05, 0.1) is 27.6 Å². The Morgan fingerprint density at radius 2 is 0.716 bits per heavy atom. The highest BCUT2D eigenvalue weighted by Crippen LogP contribution is 2.49. The van der Waals surface area contributed by atoms with Crippen LogP contribution in [0.4, 0.5) is 0 Å². The zero-order valence-electron chi connectivity index (χ0n) is 41.9. The molecule has 11 aromatic rings. The summed E-state index contributed by atoms with van der Waals surface area (Å²) >= 11 is 8.38. The predicted molar refractivity (Wildman–Crippen MR) is 300 cm³/mol. The maximum absolute atomic E-state index is 4.20. The topological polar surface area (TPSA) is 36.0 Å². The molecule has 0 aliphatic rings. The van der Waals surface area contributed by atoms with Crippen molar-refractivity contribution in [1.82, 2.24) is 14.4 Å². The highest BCUT2D eigenvalue weighted by atomic mass is 79.9. The molecule has 0 unspecified atom stereocenters. The highest BCUT2D eigenvalue weighted by molar-refractivity contribution is 9.11. The van der Waals surface area contributed by atoms with Crippen LogP contribution in [0.1, 0.15) is 132 Å². The first kappa shape index (κ1) is 44.4. The Morgan fingerprint density at radius 1 is 0.328 bits per heavy atom. The van der Waals surface area contributed by atoms with Crippen LogP contribution in [0.25, 0.3) is 104 Å². The Balaban J connectivity index is 1.16. The Kier molecular flexibility index (Phi) is 9.43. The minimum atomic E-state index is -0.0786. The molecule has 0 aliphatic carbocycles. The number of nitrogens with zero attached hydrogens (tertiary/aromatic N) is 1. The second-order valence-corrected chi connectivity index (χ2v) is 26.6. The number of nitrogens with one attached hydrogen (secondary N) is 2. The van der Waals surface area contributed by atoms with Gasteiger partial charge in [0.1, 0.15) is 0 Å². The van der Waals surface area contributed by atoms with E-state index in [9.17, 15) is 0 Å². The third-order valence-corrected chi connectivity index (χ3v) is 16.2. The summed E-state index contributed by atoms with van der Waals surface area (Å²) in [7, 11) is 0. The van der Waals surface area contributed by atoms with E-state index < -0.39 is 0 Å². The van der Waals surface area contributed by atoms with Crippen LogP contribution in [0, 0.1) is 0 Å². The fourth-order valence-corrected chi connectivity index (χ4v) is 11.8. The smallest absolute Gasteiger partial charge is 0.0620 e. The van der Waals surface area contributed by atoms with Gasteiger partial charge < -0.3 is 14.4 Å². The van der Waals surface area contributed by atoms with Crippen molar-refractivity contribution in [3.8, 4) is 22.3 Å². The quantitative estimate of drug-likeness (QED) is 0.173. The lowest BCUT2D eigenvalue weighted by Crippen LogP contribution is -2.11. The first-order valence-electron chi connectivity index (χ1n) is 24.0. The molecule has 340 valence electrons. The van der Waals surface area contributed by atoms with Gasteiger partial charge in [0.15, 0.2) is 0 Å². The highest BCUT2D eigenvalue weighted by Gasteiger charge is 2.28. The van der Waals surface area contributed by atoms with Crippen LogP contribution in [-0.4, -0.2) is 14.4 Å². The molecule has 0 saturated heterocycles. The number of halogens is 2. The molecule has 0 atom stereocenters. The molecule has 0 spiro atoms. The van der Waals surface area contributed by atoms with Crippen LogP contribution >= 0.6 is 31.9 Å². The zero-order chi connectivity index (χ0) is 47.8. The van der Waals surface area contributed by atoms with Gasteiger partial charge in [0.2, 0.25) is 0 Å². The summed E-state index contributed by atoms with van der Waals surface area (Å²) in [5.74, 6) is 0. The fraction of sp³-hybridized carbons (Fsp3) is 0.323. The molecule has 0 fully saturated rings. The van der Waals surface area contributed by atoms with E-state index in [0.29, 0.717) is 0 Å². The van der Waals surface area contributed by atoms with E-state index in [1.165, 1.54) is 98.6 Å². The molecule has 11 rings (SSSR count). The van der Waals surface area contributed by atoms with Crippen molar-refractivity contribution in [3.05, 3.63) is 134 Å². The summed E-state index contributed by atoms with van der Waals surface area (Å²) in [6, 6.07) is 38.3. The molecule has 2 N–H and O–H groups in total. The van der Waals surface area contributed by atoms with E-state index in [-0.39, 0.29) is 27.1 Å². The summed E-state index contributed by atoms with van der Waals surface area (Å²) in [6.45, 7) is 34.8. The minimum absolute atomic E-state index is 0.00475. The second kappa shape index (κ2) is 14.2. The van der Waals surface area contributed by atoms with Crippen LogP contribution in [0.5, 0.6) is 0 Å². The van der Waals surface area contributed by atoms with Crippen molar-refractivity contribution in [1.29, 1.82) is 0 Å². The molecule has 3 nitrogen and oxygen atoms in total. The Bertz CT molecular complexity index is 3890. The van der Waals surface area contributed by atoms with Gasteiger partial charge >= 0.3 is 0 Å². The van der Waals surface area contributed by atoms with Gasteiger partial charge in [-0.25, -0.2) is 0 Å². The lowest BCUT2D eigenvalue weighted by molar-refractivity contribution is 0.590. The minimum Gasteiger partial charge on any atom is -0.354 e. The monoisotopic (exact) mass is 1010 g/mol. The van der Waals surface area contributed by atoms with Crippen LogP contribution < -0.4 is 0 Å². The van der Waals surface area contributed by atoms with Crippen LogP contribution in [0.3, 0.4) is 0 Å². The van der Waals surface area contributed by atoms with Crippen LogP contribution in [0.2, 0.25) is 0 Å². The molecule has 5 heteroatoms. The molecular weight excluding hydrogens is 947 g/mol. The van der Waals surface area contributed by atoms with Gasteiger partial charge in [-0.1, -0.05) is 148 Å². The molecule has 7 aromatic carbocycles. The first-order chi connectivity index (χ1) is 31.2. The summed E-state index contributed by atoms with van der Waals surface area (Å²) < 4.78 is 4.65. The number of hydrogen-bond acceptors (Lipinski definition) is 0. The number of rotatable bonds is 2. The number of hydrogen-bond donors (Lipinski definition) is 2. The standard InChI is InChI=1S/C62H63Br2N3/c1-58(2,3)32-16-18-51-39(20-32)45-24-34(60(7,8)9)22-43(55(45)65-51)37-29-50(64)38(30-49(37)63)44-23-35(61(10,11)12)25-46-40-28-42-48-27-36(62(13,14)15)26-47-41-21-33(59(4,5)6)17-19-53(41)67(57(47)48)54(42)31-52(40)66-56(44)46/h16-31,65-66H,1-15H3. The molecule has 4 aromatic heterocycles. The van der Waals surface area contributed by atoms with Crippen molar-refractivity contribution in [2.45, 2.75) is 131 Å². The molecule has 0 amide bonds. The van der Waals surface area contributed by atoms with E-state index in [2.05, 4.69) is 247 Å². The van der Waals surface area contributed by atoms with Crippen molar-refractivity contribution in [2.24, 2.45) is 0 Å². The van der Waals surface area contributed by atoms with Gasteiger partial charge in [0.25, 0.3) is 0 Å². The zero-order valence-corrected chi connectivity index (χ0v) is 45.1. The van der Waals surface area contributed by atoms with E-state index >= 15 is 0 Å². The number of fused-ring (bicyclic) bond motifs is 12. The summed E-state index contributed by atoms with van der Waals surface area (Å²) in [5, 5.41) is 10.3. The molecule has 0 bridgehead atoms.